The second kappa shape index (κ2) is 9.20. The lowest BCUT2D eigenvalue weighted by Gasteiger charge is -2.33. The second-order valence-electron chi connectivity index (χ2n) is 9.04. The van der Waals surface area contributed by atoms with Gasteiger partial charge in [-0.05, 0) is 55.1 Å². The molecule has 168 valence electrons. The molecule has 2 N–H and O–H groups in total. The number of carbonyl (C=O) groups is 1. The fourth-order valence-corrected chi connectivity index (χ4v) is 4.78. The van der Waals surface area contributed by atoms with Crippen molar-refractivity contribution < 1.29 is 4.79 Å². The van der Waals surface area contributed by atoms with E-state index < -0.39 is 0 Å². The van der Waals surface area contributed by atoms with E-state index in [0.717, 1.165) is 63.5 Å². The predicted octanol–water partition coefficient (Wildman–Crippen LogP) is 3.40. The zero-order valence-electron chi connectivity index (χ0n) is 18.8. The molecular formula is C25H32N6O. The average Bonchev–Trinajstić information content (AvgIpc) is 3.28. The summed E-state index contributed by atoms with van der Waals surface area (Å²) in [6, 6.07) is 14.8. The van der Waals surface area contributed by atoms with Crippen molar-refractivity contribution in [3.8, 4) is 0 Å². The molecule has 5 rings (SSSR count). The zero-order valence-corrected chi connectivity index (χ0v) is 18.8. The van der Waals surface area contributed by atoms with Crippen molar-refractivity contribution in [1.82, 2.24) is 25.1 Å². The molecule has 32 heavy (non-hydrogen) atoms. The number of nitrogens with zero attached hydrogens (tertiary/aromatic N) is 4. The molecule has 0 unspecified atom stereocenters. The number of benzene rings is 1. The Balaban J connectivity index is 1.12. The van der Waals surface area contributed by atoms with Crippen LogP contribution in [0.5, 0.6) is 0 Å². The summed E-state index contributed by atoms with van der Waals surface area (Å²) in [5.41, 5.74) is 3.57. The lowest BCUT2D eigenvalue weighted by Crippen LogP contribution is -2.45. The first kappa shape index (κ1) is 20.8. The third-order valence-corrected chi connectivity index (χ3v) is 6.85. The van der Waals surface area contributed by atoms with Gasteiger partial charge in [0.25, 0.3) is 0 Å². The summed E-state index contributed by atoms with van der Waals surface area (Å²) < 4.78 is 0. The number of piperidine rings is 1. The molecule has 2 amide bonds. The highest BCUT2D eigenvalue weighted by atomic mass is 16.2. The molecule has 2 aliphatic rings. The summed E-state index contributed by atoms with van der Waals surface area (Å²) in [5.74, 6) is 1.49. The van der Waals surface area contributed by atoms with Crippen LogP contribution in [0.4, 0.5) is 10.6 Å². The third kappa shape index (κ3) is 4.58. The van der Waals surface area contributed by atoms with Gasteiger partial charge < -0.3 is 25.0 Å². The van der Waals surface area contributed by atoms with Gasteiger partial charge in [-0.2, -0.15) is 0 Å². The van der Waals surface area contributed by atoms with Crippen LogP contribution in [0.25, 0.3) is 10.9 Å². The van der Waals surface area contributed by atoms with Crippen LogP contribution < -0.4 is 10.2 Å². The number of aromatic nitrogens is 2. The van der Waals surface area contributed by atoms with Crippen LogP contribution in [-0.4, -0.2) is 72.1 Å². The van der Waals surface area contributed by atoms with Crippen LogP contribution in [0.2, 0.25) is 0 Å². The summed E-state index contributed by atoms with van der Waals surface area (Å²) in [7, 11) is 2.15. The molecule has 0 atom stereocenters. The number of likely N-dealkylation sites (N-methyl/N-ethyl adjacent to an activating group) is 1. The molecule has 1 aromatic carbocycles. The number of aromatic amines is 1. The maximum Gasteiger partial charge on any atom is 0.317 e. The summed E-state index contributed by atoms with van der Waals surface area (Å²) >= 11 is 0. The first-order chi connectivity index (χ1) is 15.7. The minimum absolute atomic E-state index is 0.0260. The minimum Gasteiger partial charge on any atom is -0.358 e. The fourth-order valence-electron chi connectivity index (χ4n) is 4.78. The van der Waals surface area contributed by atoms with Gasteiger partial charge in [-0.1, -0.05) is 18.2 Å². The number of rotatable bonds is 4. The maximum atomic E-state index is 12.8. The molecule has 2 saturated heterocycles. The highest BCUT2D eigenvalue weighted by molar-refractivity contribution is 5.80. The van der Waals surface area contributed by atoms with E-state index in [1.54, 1.807) is 0 Å². The number of carbonyl (C=O) groups excluding carboxylic acids is 1. The van der Waals surface area contributed by atoms with Crippen molar-refractivity contribution in [3.63, 3.8) is 0 Å². The Bertz CT molecular complexity index is 1030. The van der Waals surface area contributed by atoms with Crippen molar-refractivity contribution in [2.75, 3.05) is 51.2 Å². The summed E-state index contributed by atoms with van der Waals surface area (Å²) in [6.07, 6.45) is 3.83. The van der Waals surface area contributed by atoms with Crippen LogP contribution in [-0.2, 0) is 6.54 Å². The Labute approximate surface area is 189 Å². The zero-order chi connectivity index (χ0) is 21.9. The van der Waals surface area contributed by atoms with Gasteiger partial charge in [0.15, 0.2) is 0 Å². The predicted molar refractivity (Wildman–Crippen MR) is 128 cm³/mol. The molecule has 4 heterocycles. The van der Waals surface area contributed by atoms with Gasteiger partial charge in [0.1, 0.15) is 5.82 Å². The second-order valence-corrected chi connectivity index (χ2v) is 9.04. The normalized spacial score (nSPS) is 18.3. The number of nitrogens with one attached hydrogen (secondary N) is 2. The fraction of sp³-hybridized carbons (Fsp3) is 0.440. The van der Waals surface area contributed by atoms with Crippen molar-refractivity contribution in [2.24, 2.45) is 0 Å². The Morgan fingerprint density at radius 2 is 1.84 bits per heavy atom. The number of fused-ring (bicyclic) bond motifs is 1. The molecule has 0 bridgehead atoms. The van der Waals surface area contributed by atoms with Crippen molar-refractivity contribution in [2.45, 2.75) is 25.3 Å². The van der Waals surface area contributed by atoms with E-state index in [4.69, 9.17) is 0 Å². The average molecular weight is 433 g/mol. The number of pyridine rings is 1. The number of urea groups is 1. The molecule has 3 aromatic rings. The van der Waals surface area contributed by atoms with Gasteiger partial charge in [0.05, 0.1) is 0 Å². The van der Waals surface area contributed by atoms with Gasteiger partial charge in [-0.25, -0.2) is 9.78 Å². The number of hydrogen-bond donors (Lipinski definition) is 2. The van der Waals surface area contributed by atoms with E-state index in [-0.39, 0.29) is 6.03 Å². The van der Waals surface area contributed by atoms with Gasteiger partial charge in [-0.3, -0.25) is 0 Å². The number of hydrogen-bond acceptors (Lipinski definition) is 4. The highest BCUT2D eigenvalue weighted by Gasteiger charge is 2.25. The molecule has 2 fully saturated rings. The largest absolute Gasteiger partial charge is 0.358 e. The van der Waals surface area contributed by atoms with Crippen molar-refractivity contribution >= 4 is 22.8 Å². The molecule has 0 radical (unpaired) electrons. The molecule has 2 aromatic heterocycles. The smallest absolute Gasteiger partial charge is 0.317 e. The highest BCUT2D eigenvalue weighted by Crippen LogP contribution is 2.30. The third-order valence-electron chi connectivity index (χ3n) is 6.85. The molecule has 7 nitrogen and oxygen atoms in total. The van der Waals surface area contributed by atoms with E-state index in [9.17, 15) is 4.79 Å². The molecule has 0 aliphatic carbocycles. The number of likely N-dealkylation sites (tertiary alicyclic amines) is 1. The van der Waals surface area contributed by atoms with Crippen LogP contribution in [0.3, 0.4) is 0 Å². The van der Waals surface area contributed by atoms with Crippen LogP contribution in [0, 0.1) is 0 Å². The minimum atomic E-state index is 0.0260. The van der Waals surface area contributed by atoms with E-state index in [2.05, 4.69) is 68.5 Å². The summed E-state index contributed by atoms with van der Waals surface area (Å²) in [5, 5.41) is 4.37. The first-order valence-electron chi connectivity index (χ1n) is 11.6. The van der Waals surface area contributed by atoms with Crippen molar-refractivity contribution in [3.05, 3.63) is 59.9 Å². The van der Waals surface area contributed by atoms with Crippen LogP contribution >= 0.6 is 0 Å². The number of piperazine rings is 1. The van der Waals surface area contributed by atoms with E-state index in [1.165, 1.54) is 16.6 Å². The molecule has 0 saturated carbocycles. The molecule has 2 aliphatic heterocycles. The Hall–Kier alpha value is -3.06. The van der Waals surface area contributed by atoms with Crippen LogP contribution in [0.1, 0.15) is 30.0 Å². The standard InChI is InChI=1S/C25H32N6O/c1-29-12-14-30(15-13-29)24-16-19(6-9-26-24)18-27-25(32)31-10-7-20(8-11-31)23-17-21-4-2-3-5-22(21)28-23/h2-6,9,16-17,20,28H,7-8,10-15,18H2,1H3,(H,27,32). The van der Waals surface area contributed by atoms with E-state index in [1.807, 2.05) is 17.2 Å². The lowest BCUT2D eigenvalue weighted by molar-refractivity contribution is 0.180. The molecule has 0 spiro atoms. The number of para-hydroxylation sites is 1. The number of amides is 2. The molecule has 7 heteroatoms. The van der Waals surface area contributed by atoms with Crippen LogP contribution in [0.15, 0.2) is 48.7 Å². The first-order valence-corrected chi connectivity index (χ1v) is 11.6. The van der Waals surface area contributed by atoms with Gasteiger partial charge in [0.2, 0.25) is 0 Å². The molecular weight excluding hydrogens is 400 g/mol. The van der Waals surface area contributed by atoms with Crippen molar-refractivity contribution in [1.29, 1.82) is 0 Å². The Morgan fingerprint density at radius 1 is 1.06 bits per heavy atom. The maximum absolute atomic E-state index is 12.8. The summed E-state index contributed by atoms with van der Waals surface area (Å²) in [4.78, 5) is 27.5. The quantitative estimate of drug-likeness (QED) is 0.663. The lowest BCUT2D eigenvalue weighted by atomic mass is 9.94. The number of anilines is 1. The Kier molecular flexibility index (Phi) is 5.99. The topological polar surface area (TPSA) is 67.5 Å². The monoisotopic (exact) mass is 432 g/mol. The van der Waals surface area contributed by atoms with Gasteiger partial charge >= 0.3 is 6.03 Å². The SMILES string of the molecule is CN1CCN(c2cc(CNC(=O)N3CCC(c4cc5ccccc5[nH]4)CC3)ccn2)CC1. The van der Waals surface area contributed by atoms with E-state index >= 15 is 0 Å². The van der Waals surface area contributed by atoms with E-state index in [0.29, 0.717) is 12.5 Å². The van der Waals surface area contributed by atoms with Gasteiger partial charge in [0, 0.05) is 69.1 Å². The number of H-pyrrole nitrogens is 1. The summed E-state index contributed by atoms with van der Waals surface area (Å²) in [6.45, 7) is 6.19. The van der Waals surface area contributed by atoms with Gasteiger partial charge in [-0.15, -0.1) is 0 Å². The Morgan fingerprint density at radius 3 is 2.62 bits per heavy atom.